The molecule has 0 saturated carbocycles. The lowest BCUT2D eigenvalue weighted by molar-refractivity contribution is -0.118. The topological polar surface area (TPSA) is 46.4 Å². The maximum Gasteiger partial charge on any atom is 0.250 e. The van der Waals surface area contributed by atoms with E-state index in [1.807, 2.05) is 12.1 Å². The van der Waals surface area contributed by atoms with E-state index < -0.39 is 0 Å². The average Bonchev–Trinajstić information content (AvgIpc) is 2.90. The number of hydrogen-bond donors (Lipinski definition) is 1. The Hall–Kier alpha value is -1.83. The fourth-order valence-corrected chi connectivity index (χ4v) is 5.31. The molecule has 0 aliphatic heterocycles. The Bertz CT molecular complexity index is 1120. The molecule has 0 spiro atoms. The van der Waals surface area contributed by atoms with Crippen LogP contribution in [0.5, 0.6) is 0 Å². The van der Waals surface area contributed by atoms with Gasteiger partial charge in [0.05, 0.1) is 12.0 Å². The van der Waals surface area contributed by atoms with Crippen LogP contribution in [0.2, 0.25) is 0 Å². The average molecular weight is 563 g/mol. The highest BCUT2D eigenvalue weighted by Crippen LogP contribution is 2.30. The molecule has 0 aliphatic carbocycles. The minimum atomic E-state index is -0.115. The van der Waals surface area contributed by atoms with E-state index in [1.54, 1.807) is 18.0 Å². The zero-order chi connectivity index (χ0) is 22.5. The molecular weight excluding hydrogens is 538 g/mol. The van der Waals surface area contributed by atoms with E-state index in [2.05, 4.69) is 105 Å². The molecule has 2 aromatic carbocycles. The standard InChI is InChI=1S/C24H25Br2N3OS/c1-15-8-16(2)10-21(9-15)29-17(3)22(24(26)18(29)4)12-27-28-23(30)14-31-13-19-6-5-7-20(25)11-19/h5-12H,13-14H2,1-4H3,(H,28,30)/b27-12-. The molecule has 1 amide bonds. The molecule has 0 bridgehead atoms. The summed E-state index contributed by atoms with van der Waals surface area (Å²) in [5.41, 5.74) is 10.5. The molecule has 0 atom stereocenters. The fraction of sp³-hybridized carbons (Fsp3) is 0.250. The van der Waals surface area contributed by atoms with Gasteiger partial charge in [0.15, 0.2) is 0 Å². The number of hydrazone groups is 1. The van der Waals surface area contributed by atoms with Gasteiger partial charge in [0.25, 0.3) is 0 Å². The van der Waals surface area contributed by atoms with E-state index >= 15 is 0 Å². The summed E-state index contributed by atoms with van der Waals surface area (Å²) in [4.78, 5) is 12.2. The third kappa shape index (κ3) is 6.11. The van der Waals surface area contributed by atoms with E-state index in [1.165, 1.54) is 16.7 Å². The summed E-state index contributed by atoms with van der Waals surface area (Å²) in [7, 11) is 0. The SMILES string of the molecule is Cc1cc(C)cc(-n2c(C)c(Br)c(/C=N\NC(=O)CSCc3cccc(Br)c3)c2C)c1. The van der Waals surface area contributed by atoms with Crippen LogP contribution >= 0.6 is 43.6 Å². The van der Waals surface area contributed by atoms with Crippen molar-refractivity contribution in [3.8, 4) is 5.69 Å². The van der Waals surface area contributed by atoms with E-state index in [4.69, 9.17) is 0 Å². The number of nitrogens with zero attached hydrogens (tertiary/aromatic N) is 2. The molecule has 4 nitrogen and oxygen atoms in total. The number of carbonyl (C=O) groups excluding carboxylic acids is 1. The van der Waals surface area contributed by atoms with Gasteiger partial charge < -0.3 is 4.57 Å². The Kier molecular flexibility index (Phi) is 8.19. The molecule has 0 unspecified atom stereocenters. The van der Waals surface area contributed by atoms with Gasteiger partial charge >= 0.3 is 0 Å². The van der Waals surface area contributed by atoms with Gasteiger partial charge in [-0.3, -0.25) is 4.79 Å². The van der Waals surface area contributed by atoms with Crippen LogP contribution in [0.4, 0.5) is 0 Å². The second kappa shape index (κ2) is 10.7. The van der Waals surface area contributed by atoms with Crippen LogP contribution in [0.15, 0.2) is 56.5 Å². The predicted octanol–water partition coefficient (Wildman–Crippen LogP) is 6.62. The van der Waals surface area contributed by atoms with Gasteiger partial charge in [-0.2, -0.15) is 5.10 Å². The molecule has 0 radical (unpaired) electrons. The lowest BCUT2D eigenvalue weighted by Gasteiger charge is -2.11. The number of nitrogens with one attached hydrogen (secondary N) is 1. The Labute approximate surface area is 204 Å². The Balaban J connectivity index is 1.65. The minimum Gasteiger partial charge on any atom is -0.317 e. The van der Waals surface area contributed by atoms with Gasteiger partial charge in [-0.15, -0.1) is 11.8 Å². The van der Waals surface area contributed by atoms with Crippen molar-refractivity contribution < 1.29 is 4.79 Å². The number of halogens is 2. The van der Waals surface area contributed by atoms with Crippen molar-refractivity contribution in [1.29, 1.82) is 0 Å². The monoisotopic (exact) mass is 561 g/mol. The van der Waals surface area contributed by atoms with Gasteiger partial charge in [-0.05, 0) is 84.6 Å². The second-order valence-electron chi connectivity index (χ2n) is 7.50. The highest BCUT2D eigenvalue weighted by molar-refractivity contribution is 9.10. The zero-order valence-corrected chi connectivity index (χ0v) is 22.0. The summed E-state index contributed by atoms with van der Waals surface area (Å²) in [5.74, 6) is 1.02. The van der Waals surface area contributed by atoms with E-state index in [0.29, 0.717) is 5.75 Å². The number of rotatable bonds is 7. The molecule has 3 rings (SSSR count). The lowest BCUT2D eigenvalue weighted by Crippen LogP contribution is -2.19. The van der Waals surface area contributed by atoms with Crippen molar-refractivity contribution in [2.45, 2.75) is 33.4 Å². The highest BCUT2D eigenvalue weighted by atomic mass is 79.9. The molecule has 1 aromatic heterocycles. The van der Waals surface area contributed by atoms with Crippen LogP contribution in [0.3, 0.4) is 0 Å². The minimum absolute atomic E-state index is 0.115. The first-order valence-electron chi connectivity index (χ1n) is 9.86. The number of aryl methyl sites for hydroxylation is 2. The van der Waals surface area contributed by atoms with Crippen LogP contribution in [0.25, 0.3) is 5.69 Å². The summed E-state index contributed by atoms with van der Waals surface area (Å²) in [5, 5.41) is 4.20. The first-order valence-corrected chi connectivity index (χ1v) is 12.6. The van der Waals surface area contributed by atoms with Gasteiger partial charge in [-0.1, -0.05) is 34.1 Å². The molecule has 1 N–H and O–H groups in total. The van der Waals surface area contributed by atoms with Gasteiger partial charge in [0.1, 0.15) is 0 Å². The normalized spacial score (nSPS) is 11.3. The summed E-state index contributed by atoms with van der Waals surface area (Å²) in [6.45, 7) is 8.34. The van der Waals surface area contributed by atoms with E-state index in [-0.39, 0.29) is 5.91 Å². The number of aromatic nitrogens is 1. The summed E-state index contributed by atoms with van der Waals surface area (Å²) < 4.78 is 4.23. The van der Waals surface area contributed by atoms with Crippen molar-refractivity contribution >= 4 is 55.7 Å². The lowest BCUT2D eigenvalue weighted by atomic mass is 10.1. The Morgan fingerprint density at radius 3 is 2.45 bits per heavy atom. The molecular formula is C24H25Br2N3OS. The molecule has 162 valence electrons. The third-order valence-electron chi connectivity index (χ3n) is 4.85. The van der Waals surface area contributed by atoms with Crippen LogP contribution in [0.1, 0.15) is 33.6 Å². The largest absolute Gasteiger partial charge is 0.317 e. The number of carbonyl (C=O) groups is 1. The van der Waals surface area contributed by atoms with Crippen molar-refractivity contribution in [3.63, 3.8) is 0 Å². The van der Waals surface area contributed by atoms with Gasteiger partial charge in [0.2, 0.25) is 5.91 Å². The zero-order valence-electron chi connectivity index (χ0n) is 18.0. The molecule has 31 heavy (non-hydrogen) atoms. The van der Waals surface area contributed by atoms with Crippen molar-refractivity contribution in [1.82, 2.24) is 9.99 Å². The molecule has 1 heterocycles. The van der Waals surface area contributed by atoms with Crippen molar-refractivity contribution in [2.24, 2.45) is 5.10 Å². The van der Waals surface area contributed by atoms with E-state index in [9.17, 15) is 4.79 Å². The van der Waals surface area contributed by atoms with Gasteiger partial charge in [0, 0.05) is 37.3 Å². The van der Waals surface area contributed by atoms with Crippen LogP contribution < -0.4 is 5.43 Å². The smallest absolute Gasteiger partial charge is 0.250 e. The molecule has 3 aromatic rings. The number of hydrogen-bond acceptors (Lipinski definition) is 3. The van der Waals surface area contributed by atoms with Crippen LogP contribution in [0, 0.1) is 27.7 Å². The molecule has 0 saturated heterocycles. The Morgan fingerprint density at radius 1 is 1.06 bits per heavy atom. The van der Waals surface area contributed by atoms with Gasteiger partial charge in [-0.25, -0.2) is 5.43 Å². The summed E-state index contributed by atoms with van der Waals surface area (Å²) in [6, 6.07) is 14.6. The summed E-state index contributed by atoms with van der Waals surface area (Å²) in [6.07, 6.45) is 1.71. The van der Waals surface area contributed by atoms with E-state index in [0.717, 1.165) is 37.3 Å². The fourth-order valence-electron chi connectivity index (χ4n) is 3.53. The highest BCUT2D eigenvalue weighted by Gasteiger charge is 2.16. The van der Waals surface area contributed by atoms with Crippen LogP contribution in [-0.4, -0.2) is 22.4 Å². The maximum atomic E-state index is 12.2. The van der Waals surface area contributed by atoms with Crippen molar-refractivity contribution in [3.05, 3.63) is 85.1 Å². The molecule has 7 heteroatoms. The number of thioether (sulfide) groups is 1. The van der Waals surface area contributed by atoms with Crippen LogP contribution in [-0.2, 0) is 10.5 Å². The molecule has 0 fully saturated rings. The van der Waals surface area contributed by atoms with Crippen molar-refractivity contribution in [2.75, 3.05) is 5.75 Å². The maximum absolute atomic E-state index is 12.2. The number of benzene rings is 2. The molecule has 0 aliphatic rings. The second-order valence-corrected chi connectivity index (χ2v) is 10.2. The summed E-state index contributed by atoms with van der Waals surface area (Å²) >= 11 is 8.72. The first-order chi connectivity index (χ1) is 14.8. The third-order valence-corrected chi connectivity index (χ3v) is 7.35. The first kappa shape index (κ1) is 23.8. The Morgan fingerprint density at radius 2 is 1.77 bits per heavy atom. The number of amides is 1. The quantitative estimate of drug-likeness (QED) is 0.260. The predicted molar refractivity (Wildman–Crippen MR) is 138 cm³/mol.